The smallest absolute Gasteiger partial charge is 0.0261 e. The first-order chi connectivity index (χ1) is 10.7. The first-order valence-electron chi connectivity index (χ1n) is 9.89. The first-order valence-corrected chi connectivity index (χ1v) is 9.89. The Kier molecular flexibility index (Phi) is 6.17. The van der Waals surface area contributed by atoms with E-state index in [0.717, 1.165) is 23.9 Å². The number of rotatable bonds is 4. The largest absolute Gasteiger partial charge is 0.315 e. The second kappa shape index (κ2) is 8.12. The molecule has 3 atom stereocenters. The number of likely N-dealkylation sites (tertiary alicyclic amines) is 1. The molecule has 1 N–H and O–H groups in total. The summed E-state index contributed by atoms with van der Waals surface area (Å²) in [5, 5.41) is 3.67. The second-order valence-electron chi connectivity index (χ2n) is 8.28. The quantitative estimate of drug-likeness (QED) is 0.861. The van der Waals surface area contributed by atoms with Crippen LogP contribution in [0.2, 0.25) is 0 Å². The Morgan fingerprint density at radius 3 is 2.64 bits per heavy atom. The lowest BCUT2D eigenvalue weighted by Crippen LogP contribution is -2.56. The molecule has 2 saturated heterocycles. The van der Waals surface area contributed by atoms with Gasteiger partial charge in [0, 0.05) is 31.7 Å². The Balaban J connectivity index is 1.57. The van der Waals surface area contributed by atoms with Crippen LogP contribution in [0.25, 0.3) is 0 Å². The second-order valence-corrected chi connectivity index (χ2v) is 8.28. The molecule has 2 heterocycles. The van der Waals surface area contributed by atoms with Gasteiger partial charge in [0.1, 0.15) is 0 Å². The zero-order valence-corrected chi connectivity index (χ0v) is 14.9. The monoisotopic (exact) mass is 307 g/mol. The molecule has 0 spiro atoms. The summed E-state index contributed by atoms with van der Waals surface area (Å²) >= 11 is 0. The lowest BCUT2D eigenvalue weighted by Gasteiger charge is -2.45. The molecule has 3 rings (SSSR count). The molecule has 0 aromatic carbocycles. The Bertz CT molecular complexity index is 327. The Morgan fingerprint density at radius 1 is 1.05 bits per heavy atom. The van der Waals surface area contributed by atoms with Crippen molar-refractivity contribution in [1.29, 1.82) is 0 Å². The molecule has 2 aliphatic heterocycles. The van der Waals surface area contributed by atoms with E-state index in [-0.39, 0.29) is 0 Å². The van der Waals surface area contributed by atoms with Crippen molar-refractivity contribution in [2.75, 3.05) is 39.8 Å². The van der Waals surface area contributed by atoms with E-state index in [1.807, 2.05) is 0 Å². The topological polar surface area (TPSA) is 18.5 Å². The normalized spacial score (nSPS) is 35.9. The van der Waals surface area contributed by atoms with Crippen molar-refractivity contribution >= 4 is 0 Å². The van der Waals surface area contributed by atoms with Crippen LogP contribution in [0.5, 0.6) is 0 Å². The molecule has 0 amide bonds. The van der Waals surface area contributed by atoms with Crippen molar-refractivity contribution in [2.24, 2.45) is 11.8 Å². The molecule has 0 aromatic heterocycles. The zero-order valence-electron chi connectivity index (χ0n) is 14.9. The van der Waals surface area contributed by atoms with Crippen LogP contribution in [0.1, 0.15) is 58.3 Å². The Hall–Kier alpha value is -0.120. The SMILES string of the molecule is CC1CCCN(CC2CCNCC2N(C)C2CCCCC2)C1. The fourth-order valence-electron chi connectivity index (χ4n) is 5.13. The molecular weight excluding hydrogens is 270 g/mol. The molecule has 3 fully saturated rings. The molecule has 3 heteroatoms. The molecule has 128 valence electrons. The standard InChI is InChI=1S/C19H37N3/c1-16-7-6-12-22(14-16)15-17-10-11-20-13-19(17)21(2)18-8-4-3-5-9-18/h16-20H,3-15H2,1-2H3. The third-order valence-electron chi connectivity index (χ3n) is 6.50. The molecule has 3 unspecified atom stereocenters. The maximum absolute atomic E-state index is 3.67. The Morgan fingerprint density at radius 2 is 1.86 bits per heavy atom. The molecule has 0 aromatic rings. The van der Waals surface area contributed by atoms with Crippen LogP contribution >= 0.6 is 0 Å². The lowest BCUT2D eigenvalue weighted by atomic mass is 9.86. The summed E-state index contributed by atoms with van der Waals surface area (Å²) in [7, 11) is 2.42. The predicted octanol–water partition coefficient (Wildman–Crippen LogP) is 2.96. The Labute approximate surface area is 137 Å². The van der Waals surface area contributed by atoms with E-state index in [1.165, 1.54) is 84.1 Å². The van der Waals surface area contributed by atoms with Gasteiger partial charge in [0.2, 0.25) is 0 Å². The fourth-order valence-corrected chi connectivity index (χ4v) is 5.13. The number of hydrogen-bond acceptors (Lipinski definition) is 3. The summed E-state index contributed by atoms with van der Waals surface area (Å²) in [6.45, 7) is 8.88. The molecule has 1 aliphatic carbocycles. The maximum Gasteiger partial charge on any atom is 0.0261 e. The minimum atomic E-state index is 0.758. The van der Waals surface area contributed by atoms with Crippen LogP contribution in [0.4, 0.5) is 0 Å². The van der Waals surface area contributed by atoms with Gasteiger partial charge in [-0.25, -0.2) is 0 Å². The lowest BCUT2D eigenvalue weighted by molar-refractivity contribution is 0.0518. The number of likely N-dealkylation sites (N-methyl/N-ethyl adjacent to an activating group) is 1. The van der Waals surface area contributed by atoms with Gasteiger partial charge >= 0.3 is 0 Å². The van der Waals surface area contributed by atoms with Crippen molar-refractivity contribution in [3.8, 4) is 0 Å². The third-order valence-corrected chi connectivity index (χ3v) is 6.50. The van der Waals surface area contributed by atoms with E-state index >= 15 is 0 Å². The highest BCUT2D eigenvalue weighted by molar-refractivity contribution is 4.90. The molecule has 3 nitrogen and oxygen atoms in total. The van der Waals surface area contributed by atoms with Crippen molar-refractivity contribution < 1.29 is 0 Å². The summed E-state index contributed by atoms with van der Waals surface area (Å²) in [6, 6.07) is 1.61. The summed E-state index contributed by atoms with van der Waals surface area (Å²) in [6.07, 6.45) is 11.4. The average Bonchev–Trinajstić information content (AvgIpc) is 2.56. The van der Waals surface area contributed by atoms with Crippen molar-refractivity contribution in [1.82, 2.24) is 15.1 Å². The van der Waals surface area contributed by atoms with E-state index in [9.17, 15) is 0 Å². The van der Waals surface area contributed by atoms with Gasteiger partial charge in [-0.2, -0.15) is 0 Å². The van der Waals surface area contributed by atoms with Gasteiger partial charge in [0.25, 0.3) is 0 Å². The van der Waals surface area contributed by atoms with E-state index in [2.05, 4.69) is 29.1 Å². The molecule has 3 aliphatic rings. The summed E-state index contributed by atoms with van der Waals surface area (Å²) < 4.78 is 0. The van der Waals surface area contributed by atoms with Crippen LogP contribution in [0.3, 0.4) is 0 Å². The number of piperidine rings is 2. The molecule has 0 radical (unpaired) electrons. The van der Waals surface area contributed by atoms with Gasteiger partial charge in [-0.05, 0) is 64.1 Å². The fraction of sp³-hybridized carbons (Fsp3) is 1.00. The van der Waals surface area contributed by atoms with Crippen LogP contribution in [-0.2, 0) is 0 Å². The van der Waals surface area contributed by atoms with Gasteiger partial charge in [0.05, 0.1) is 0 Å². The van der Waals surface area contributed by atoms with Gasteiger partial charge < -0.3 is 10.2 Å². The summed E-state index contributed by atoms with van der Waals surface area (Å²) in [5.74, 6) is 1.78. The van der Waals surface area contributed by atoms with Crippen molar-refractivity contribution in [3.05, 3.63) is 0 Å². The van der Waals surface area contributed by atoms with Gasteiger partial charge in [-0.3, -0.25) is 4.90 Å². The van der Waals surface area contributed by atoms with E-state index < -0.39 is 0 Å². The van der Waals surface area contributed by atoms with Gasteiger partial charge in [0.15, 0.2) is 0 Å². The van der Waals surface area contributed by atoms with Crippen molar-refractivity contribution in [2.45, 2.75) is 70.4 Å². The van der Waals surface area contributed by atoms with E-state index in [0.29, 0.717) is 0 Å². The van der Waals surface area contributed by atoms with Gasteiger partial charge in [-0.1, -0.05) is 26.2 Å². The highest BCUT2D eigenvalue weighted by Gasteiger charge is 2.33. The van der Waals surface area contributed by atoms with Gasteiger partial charge in [-0.15, -0.1) is 0 Å². The van der Waals surface area contributed by atoms with E-state index in [1.54, 1.807) is 0 Å². The maximum atomic E-state index is 3.67. The van der Waals surface area contributed by atoms with Crippen LogP contribution in [0.15, 0.2) is 0 Å². The minimum absolute atomic E-state index is 0.758. The highest BCUT2D eigenvalue weighted by atomic mass is 15.2. The summed E-state index contributed by atoms with van der Waals surface area (Å²) in [5.41, 5.74) is 0. The molecule has 0 bridgehead atoms. The number of nitrogens with zero attached hydrogens (tertiary/aromatic N) is 2. The molecular formula is C19H37N3. The van der Waals surface area contributed by atoms with Crippen LogP contribution < -0.4 is 5.32 Å². The highest BCUT2D eigenvalue weighted by Crippen LogP contribution is 2.28. The number of nitrogens with one attached hydrogen (secondary N) is 1. The van der Waals surface area contributed by atoms with E-state index in [4.69, 9.17) is 0 Å². The zero-order chi connectivity index (χ0) is 15.4. The predicted molar refractivity (Wildman–Crippen MR) is 94.2 cm³/mol. The third kappa shape index (κ3) is 4.24. The molecule has 22 heavy (non-hydrogen) atoms. The average molecular weight is 308 g/mol. The van der Waals surface area contributed by atoms with Crippen LogP contribution in [0, 0.1) is 11.8 Å². The minimum Gasteiger partial charge on any atom is -0.315 e. The van der Waals surface area contributed by atoms with Crippen LogP contribution in [-0.4, -0.2) is 61.7 Å². The summed E-state index contributed by atoms with van der Waals surface area (Å²) in [4.78, 5) is 5.54. The van der Waals surface area contributed by atoms with Crippen molar-refractivity contribution in [3.63, 3.8) is 0 Å². The number of hydrogen-bond donors (Lipinski definition) is 1. The first kappa shape index (κ1) is 16.7. The molecule has 1 saturated carbocycles.